The normalized spacial score (nSPS) is 17.5. The van der Waals surface area contributed by atoms with E-state index in [0.29, 0.717) is 5.56 Å². The van der Waals surface area contributed by atoms with Crippen LogP contribution in [0.3, 0.4) is 0 Å². The molecule has 2 aromatic rings. The van der Waals surface area contributed by atoms with E-state index in [9.17, 15) is 54.0 Å². The maximum Gasteiger partial charge on any atom is 0.326 e. The molecule has 0 saturated carbocycles. The number of aliphatic hydroxyl groups excluding tert-OH is 2. The molecular formula is C31H44N10O11. The predicted octanol–water partition coefficient (Wildman–Crippen LogP) is -4.91. The Bertz CT molecular complexity index is 1640. The van der Waals surface area contributed by atoms with Crippen LogP contribution in [0.5, 0.6) is 0 Å². The fraction of sp³-hybridized carbons (Fsp3) is 0.484. The lowest BCUT2D eigenvalue weighted by Crippen LogP contribution is -2.57. The third-order valence-corrected chi connectivity index (χ3v) is 7.99. The van der Waals surface area contributed by atoms with Gasteiger partial charge in [-0.3, -0.25) is 33.8 Å². The Labute approximate surface area is 296 Å². The Morgan fingerprint density at radius 1 is 0.904 bits per heavy atom. The molecule has 3 rings (SSSR count). The molecule has 21 heteroatoms. The zero-order chi connectivity index (χ0) is 38.4. The standard InChI is InChI=1S/C31H44N10O11/c32-31(33)34-7-3-6-19(39-29(50)23(14-42)41-27(48)20-9-16(43)12-36-20)26(47)37-13-24(44)38-21(10-25(45)46)28(49)40-22(30(51)52)8-15-11-35-18-5-2-1-4-17(15)18/h1-2,4-5,11,16,19-23,35-36,42-43H,3,6-10,12-14H2,(H,37,47)(H,38,44)(H,39,50)(H,40,49)(H,41,48)(H,45,46)(H,51,52)(H4,32,33,34)/t16-,19+,20+,21+,22+,23+/m1/s1. The number of guanidine groups is 1. The van der Waals surface area contributed by atoms with Crippen LogP contribution in [0.1, 0.15) is 31.2 Å². The van der Waals surface area contributed by atoms with Gasteiger partial charge in [0, 0.05) is 36.6 Å². The molecule has 52 heavy (non-hydrogen) atoms. The monoisotopic (exact) mass is 732 g/mol. The minimum absolute atomic E-state index is 0.0575. The number of nitrogens with zero attached hydrogens (tertiary/aromatic N) is 1. The Balaban J connectivity index is 1.63. The van der Waals surface area contributed by atoms with Crippen molar-refractivity contribution >= 4 is 58.3 Å². The molecule has 0 aliphatic carbocycles. The molecule has 6 atom stereocenters. The van der Waals surface area contributed by atoms with Crippen LogP contribution in [-0.2, 0) is 40.0 Å². The van der Waals surface area contributed by atoms with Crippen LogP contribution in [0.25, 0.3) is 10.9 Å². The number of carboxylic acids is 2. The van der Waals surface area contributed by atoms with Crippen LogP contribution < -0.4 is 43.4 Å². The van der Waals surface area contributed by atoms with Gasteiger partial charge in [0.15, 0.2) is 5.96 Å². The molecule has 1 fully saturated rings. The second kappa shape index (κ2) is 19.6. The number of carbonyl (C=O) groups excluding carboxylic acids is 5. The molecule has 1 aliphatic heterocycles. The van der Waals surface area contributed by atoms with Crippen molar-refractivity contribution in [3.05, 3.63) is 36.0 Å². The quantitative estimate of drug-likeness (QED) is 0.0345. The van der Waals surface area contributed by atoms with Crippen molar-refractivity contribution in [3.8, 4) is 0 Å². The van der Waals surface area contributed by atoms with Gasteiger partial charge in [-0.05, 0) is 30.9 Å². The van der Waals surface area contributed by atoms with E-state index in [1.54, 1.807) is 30.5 Å². The number of benzene rings is 1. The van der Waals surface area contributed by atoms with E-state index < -0.39 is 97.4 Å². The summed E-state index contributed by atoms with van der Waals surface area (Å²) in [5, 5.41) is 53.5. The number of aromatic nitrogens is 1. The van der Waals surface area contributed by atoms with E-state index in [2.05, 4.69) is 41.9 Å². The number of H-pyrrole nitrogens is 1. The van der Waals surface area contributed by atoms with Gasteiger partial charge in [0.2, 0.25) is 29.5 Å². The summed E-state index contributed by atoms with van der Waals surface area (Å²) in [6.45, 7) is -1.41. The predicted molar refractivity (Wildman–Crippen MR) is 182 cm³/mol. The first-order valence-corrected chi connectivity index (χ1v) is 16.2. The summed E-state index contributed by atoms with van der Waals surface area (Å²) < 4.78 is 0. The molecule has 0 unspecified atom stereocenters. The molecule has 0 radical (unpaired) electrons. The smallest absolute Gasteiger partial charge is 0.326 e. The fourth-order valence-electron chi connectivity index (χ4n) is 5.34. The Morgan fingerprint density at radius 2 is 1.60 bits per heavy atom. The van der Waals surface area contributed by atoms with Gasteiger partial charge in [-0.1, -0.05) is 18.2 Å². The van der Waals surface area contributed by atoms with Gasteiger partial charge < -0.3 is 68.8 Å². The van der Waals surface area contributed by atoms with E-state index in [0.717, 1.165) is 10.9 Å². The second-order valence-electron chi connectivity index (χ2n) is 12.0. The highest BCUT2D eigenvalue weighted by molar-refractivity contribution is 5.96. The zero-order valence-electron chi connectivity index (χ0n) is 28.0. The van der Waals surface area contributed by atoms with Crippen molar-refractivity contribution in [3.63, 3.8) is 0 Å². The first-order chi connectivity index (χ1) is 24.7. The maximum absolute atomic E-state index is 13.1. The molecule has 5 amide bonds. The number of aliphatic imine (C=N–C) groups is 1. The summed E-state index contributed by atoms with van der Waals surface area (Å²) in [6, 6.07) is 0.218. The van der Waals surface area contributed by atoms with Gasteiger partial charge in [0.05, 0.1) is 31.7 Å². The molecule has 0 bridgehead atoms. The van der Waals surface area contributed by atoms with Crippen molar-refractivity contribution in [1.82, 2.24) is 36.9 Å². The number of para-hydroxylation sites is 1. The molecule has 0 spiro atoms. The summed E-state index contributed by atoms with van der Waals surface area (Å²) >= 11 is 0. The largest absolute Gasteiger partial charge is 0.481 e. The number of fused-ring (bicyclic) bond motifs is 1. The Morgan fingerprint density at radius 3 is 2.23 bits per heavy atom. The van der Waals surface area contributed by atoms with Gasteiger partial charge in [-0.15, -0.1) is 0 Å². The van der Waals surface area contributed by atoms with Crippen molar-refractivity contribution < 1.29 is 54.0 Å². The lowest BCUT2D eigenvalue weighted by Gasteiger charge is -2.23. The van der Waals surface area contributed by atoms with E-state index in [-0.39, 0.29) is 44.7 Å². The summed E-state index contributed by atoms with van der Waals surface area (Å²) in [5.41, 5.74) is 12.0. The minimum Gasteiger partial charge on any atom is -0.481 e. The van der Waals surface area contributed by atoms with Crippen molar-refractivity contribution in [2.45, 2.75) is 68.4 Å². The number of carbonyl (C=O) groups is 7. The van der Waals surface area contributed by atoms with Crippen LogP contribution in [0, 0.1) is 0 Å². The number of aliphatic hydroxyl groups is 2. The van der Waals surface area contributed by atoms with Gasteiger partial charge in [0.1, 0.15) is 24.2 Å². The minimum atomic E-state index is -1.73. The number of carboxylic acid groups (broad SMARTS) is 2. The fourth-order valence-corrected chi connectivity index (χ4v) is 5.34. The first-order valence-electron chi connectivity index (χ1n) is 16.2. The maximum atomic E-state index is 13.1. The molecule has 1 aromatic carbocycles. The number of hydrogen-bond acceptors (Lipinski definition) is 11. The number of nitrogens with two attached hydrogens (primary N) is 2. The molecule has 1 saturated heterocycles. The Hall–Kier alpha value is -5.80. The van der Waals surface area contributed by atoms with Crippen molar-refractivity contribution in [2.75, 3.05) is 26.2 Å². The number of β-amino-alcohol motifs (C(OH)–C–C–N with tert-alkyl or cyclic N) is 1. The zero-order valence-corrected chi connectivity index (χ0v) is 28.0. The average molecular weight is 733 g/mol. The summed E-state index contributed by atoms with van der Waals surface area (Å²) in [4.78, 5) is 94.9. The molecule has 1 aliphatic rings. The van der Waals surface area contributed by atoms with Crippen molar-refractivity contribution in [1.29, 1.82) is 0 Å². The van der Waals surface area contributed by atoms with E-state index in [4.69, 9.17) is 11.5 Å². The second-order valence-corrected chi connectivity index (χ2v) is 12.0. The number of nitrogens with one attached hydrogen (secondary N) is 7. The number of rotatable bonds is 20. The van der Waals surface area contributed by atoms with Gasteiger partial charge >= 0.3 is 11.9 Å². The third kappa shape index (κ3) is 12.5. The Kier molecular flexibility index (Phi) is 15.3. The molecule has 1 aromatic heterocycles. The van der Waals surface area contributed by atoms with Crippen LogP contribution in [0.15, 0.2) is 35.5 Å². The van der Waals surface area contributed by atoms with E-state index in [1.165, 1.54) is 0 Å². The number of aromatic amines is 1. The van der Waals surface area contributed by atoms with E-state index >= 15 is 0 Å². The van der Waals surface area contributed by atoms with Gasteiger partial charge in [-0.25, -0.2) is 4.79 Å². The van der Waals surface area contributed by atoms with Gasteiger partial charge in [-0.2, -0.15) is 0 Å². The van der Waals surface area contributed by atoms with Crippen LogP contribution in [0.4, 0.5) is 0 Å². The van der Waals surface area contributed by atoms with Gasteiger partial charge in [0.25, 0.3) is 0 Å². The topological polar surface area (TPSA) is 353 Å². The van der Waals surface area contributed by atoms with Crippen molar-refractivity contribution in [2.24, 2.45) is 16.5 Å². The molecule has 15 N–H and O–H groups in total. The number of aliphatic carboxylic acids is 2. The van der Waals surface area contributed by atoms with Crippen LogP contribution in [0.2, 0.25) is 0 Å². The molecule has 2 heterocycles. The lowest BCUT2D eigenvalue weighted by atomic mass is 10.0. The third-order valence-electron chi connectivity index (χ3n) is 7.99. The average Bonchev–Trinajstić information content (AvgIpc) is 3.72. The first kappa shape index (κ1) is 40.6. The molecule has 284 valence electrons. The highest BCUT2D eigenvalue weighted by atomic mass is 16.4. The highest BCUT2D eigenvalue weighted by Crippen LogP contribution is 2.19. The highest BCUT2D eigenvalue weighted by Gasteiger charge is 2.33. The summed E-state index contributed by atoms with van der Waals surface area (Å²) in [7, 11) is 0. The van der Waals surface area contributed by atoms with Crippen LogP contribution in [-0.4, -0.2) is 135 Å². The SMILES string of the molecule is NC(N)=NCCC[C@H](NC(=O)[C@H](CO)NC(=O)[C@@H]1C[C@@H](O)CN1)C(=O)NCC(=O)N[C@@H](CC(=O)O)C(=O)N[C@@H](Cc1c[nH]c2ccccc12)C(=O)O. The summed E-state index contributed by atoms with van der Waals surface area (Å²) in [5.74, 6) is -7.74. The van der Waals surface area contributed by atoms with Crippen LogP contribution >= 0.6 is 0 Å². The number of hydrogen-bond donors (Lipinski definition) is 13. The molecule has 21 nitrogen and oxygen atoms in total. The lowest BCUT2D eigenvalue weighted by molar-refractivity contribution is -0.143. The molecular weight excluding hydrogens is 688 g/mol. The number of amides is 5. The van der Waals surface area contributed by atoms with E-state index in [1.807, 2.05) is 0 Å². The summed E-state index contributed by atoms with van der Waals surface area (Å²) in [6.07, 6.45) is -0.0853.